The molecule has 1 heterocycles. The molecule has 0 aliphatic heterocycles. The van der Waals surface area contributed by atoms with Crippen molar-refractivity contribution in [3.05, 3.63) is 65.4 Å². The van der Waals surface area contributed by atoms with Crippen LogP contribution in [0.2, 0.25) is 0 Å². The lowest BCUT2D eigenvalue weighted by Crippen LogP contribution is -2.06. The normalized spacial score (nSPS) is 13.2. The van der Waals surface area contributed by atoms with E-state index in [-0.39, 0.29) is 0 Å². The van der Waals surface area contributed by atoms with Crippen molar-refractivity contribution in [2.75, 3.05) is 0 Å². The molecule has 0 radical (unpaired) electrons. The Bertz CT molecular complexity index is 846. The molecule has 1 nitrogen and oxygen atoms in total. The lowest BCUT2D eigenvalue weighted by Gasteiger charge is -2.20. The van der Waals surface area contributed by atoms with Crippen LogP contribution in [-0.4, -0.2) is 4.98 Å². The van der Waals surface area contributed by atoms with Gasteiger partial charge in [0.15, 0.2) is 0 Å². The summed E-state index contributed by atoms with van der Waals surface area (Å²) in [6.07, 6.45) is 5.40. The van der Waals surface area contributed by atoms with Crippen LogP contribution in [0, 0.1) is 5.92 Å². The van der Waals surface area contributed by atoms with Crippen LogP contribution in [0.5, 0.6) is 0 Å². The third-order valence-corrected chi connectivity index (χ3v) is 4.62. The second kappa shape index (κ2) is 5.24. The number of hydrogen-bond acceptors (Lipinski definition) is 1. The number of aromatic nitrogens is 1. The predicted molar refractivity (Wildman–Crippen MR) is 93.1 cm³/mol. The zero-order chi connectivity index (χ0) is 15.1. The van der Waals surface area contributed by atoms with Gasteiger partial charge in [-0.1, -0.05) is 56.3 Å². The summed E-state index contributed by atoms with van der Waals surface area (Å²) in [6, 6.07) is 15.6. The van der Waals surface area contributed by atoms with E-state index in [4.69, 9.17) is 4.98 Å². The zero-order valence-corrected chi connectivity index (χ0v) is 13.3. The van der Waals surface area contributed by atoms with E-state index in [2.05, 4.69) is 56.3 Å². The quantitative estimate of drug-likeness (QED) is 0.631. The summed E-state index contributed by atoms with van der Waals surface area (Å²) >= 11 is 0. The van der Waals surface area contributed by atoms with E-state index in [1.165, 1.54) is 38.7 Å². The molecule has 1 aromatic heterocycles. The Kier molecular flexibility index (Phi) is 3.22. The molecular formula is C21H21N. The number of nitrogens with zero attached hydrogens (tertiary/aromatic N) is 1. The topological polar surface area (TPSA) is 12.9 Å². The summed E-state index contributed by atoms with van der Waals surface area (Å²) in [7, 11) is 0. The summed E-state index contributed by atoms with van der Waals surface area (Å²) < 4.78 is 0. The second-order valence-electron chi connectivity index (χ2n) is 6.76. The monoisotopic (exact) mass is 287 g/mol. The summed E-state index contributed by atoms with van der Waals surface area (Å²) in [5, 5.41) is 2.67. The maximum absolute atomic E-state index is 4.78. The van der Waals surface area contributed by atoms with Gasteiger partial charge in [0, 0.05) is 17.1 Å². The molecule has 1 aliphatic rings. The molecule has 4 rings (SSSR count). The standard InChI is InChI=1S/C21H21N/c1-14(2)11-15-7-8-17-13-22-21-18-6-4-3-5-16(18)9-10-19(21)20(17)12-15/h3-8,12-14H,9-11H2,1-2H3. The number of rotatable bonds is 2. The maximum atomic E-state index is 4.78. The van der Waals surface area contributed by atoms with Crippen LogP contribution in [0.1, 0.15) is 30.5 Å². The first-order chi connectivity index (χ1) is 10.7. The van der Waals surface area contributed by atoms with Gasteiger partial charge in [-0.05, 0) is 47.3 Å². The lowest BCUT2D eigenvalue weighted by molar-refractivity contribution is 0.648. The van der Waals surface area contributed by atoms with E-state index < -0.39 is 0 Å². The van der Waals surface area contributed by atoms with Crippen molar-refractivity contribution >= 4 is 10.8 Å². The largest absolute Gasteiger partial charge is 0.255 e. The van der Waals surface area contributed by atoms with Gasteiger partial charge in [0.25, 0.3) is 0 Å². The van der Waals surface area contributed by atoms with Crippen LogP contribution in [0.15, 0.2) is 48.7 Å². The van der Waals surface area contributed by atoms with Crippen LogP contribution in [0.3, 0.4) is 0 Å². The number of fused-ring (bicyclic) bond motifs is 5. The highest BCUT2D eigenvalue weighted by atomic mass is 14.7. The van der Waals surface area contributed by atoms with Crippen LogP contribution >= 0.6 is 0 Å². The molecule has 1 heteroatoms. The Morgan fingerprint density at radius 3 is 2.77 bits per heavy atom. The Morgan fingerprint density at radius 1 is 1.05 bits per heavy atom. The molecule has 3 aromatic rings. The number of benzene rings is 2. The van der Waals surface area contributed by atoms with Crippen molar-refractivity contribution in [1.82, 2.24) is 4.98 Å². The Hall–Kier alpha value is -2.15. The molecule has 0 bridgehead atoms. The van der Waals surface area contributed by atoms with E-state index in [1.54, 1.807) is 0 Å². The van der Waals surface area contributed by atoms with Crippen LogP contribution in [-0.2, 0) is 19.3 Å². The van der Waals surface area contributed by atoms with E-state index in [0.717, 1.165) is 19.3 Å². The van der Waals surface area contributed by atoms with Gasteiger partial charge in [-0.3, -0.25) is 4.98 Å². The van der Waals surface area contributed by atoms with Crippen LogP contribution in [0.4, 0.5) is 0 Å². The highest BCUT2D eigenvalue weighted by molar-refractivity contribution is 5.91. The molecule has 0 saturated carbocycles. The van der Waals surface area contributed by atoms with Crippen molar-refractivity contribution < 1.29 is 0 Å². The predicted octanol–water partition coefficient (Wildman–Crippen LogP) is 5.20. The van der Waals surface area contributed by atoms with Gasteiger partial charge in [-0.25, -0.2) is 0 Å². The molecule has 0 atom stereocenters. The first kappa shape index (κ1) is 13.5. The third kappa shape index (κ3) is 2.21. The minimum absolute atomic E-state index is 0.691. The minimum atomic E-state index is 0.691. The third-order valence-electron chi connectivity index (χ3n) is 4.62. The first-order valence-electron chi connectivity index (χ1n) is 8.21. The van der Waals surface area contributed by atoms with Crippen LogP contribution < -0.4 is 0 Å². The summed E-state index contributed by atoms with van der Waals surface area (Å²) in [6.45, 7) is 4.56. The average Bonchev–Trinajstić information content (AvgIpc) is 2.53. The fourth-order valence-corrected chi connectivity index (χ4v) is 3.63. The molecule has 110 valence electrons. The highest BCUT2D eigenvalue weighted by Gasteiger charge is 2.19. The van der Waals surface area contributed by atoms with E-state index in [0.29, 0.717) is 5.92 Å². The SMILES string of the molecule is CC(C)Cc1ccc2cnc3c(c2c1)CCc1ccccc1-3. The maximum Gasteiger partial charge on any atom is 0.0743 e. The second-order valence-corrected chi connectivity index (χ2v) is 6.76. The average molecular weight is 287 g/mol. The molecule has 0 spiro atoms. The van der Waals surface area contributed by atoms with Crippen molar-refractivity contribution in [2.45, 2.75) is 33.1 Å². The number of aryl methyl sites for hydroxylation is 2. The van der Waals surface area contributed by atoms with Gasteiger partial charge >= 0.3 is 0 Å². The summed E-state index contributed by atoms with van der Waals surface area (Å²) in [5.74, 6) is 0.691. The zero-order valence-electron chi connectivity index (χ0n) is 13.3. The summed E-state index contributed by atoms with van der Waals surface area (Å²) in [4.78, 5) is 4.78. The Morgan fingerprint density at radius 2 is 1.91 bits per heavy atom. The van der Waals surface area contributed by atoms with E-state index >= 15 is 0 Å². The Labute approximate surface area is 132 Å². The Balaban J connectivity index is 1.92. The summed E-state index contributed by atoms with van der Waals surface area (Å²) in [5.41, 5.74) is 6.81. The van der Waals surface area contributed by atoms with Gasteiger partial charge in [0.2, 0.25) is 0 Å². The van der Waals surface area contributed by atoms with Crippen LogP contribution in [0.25, 0.3) is 22.0 Å². The van der Waals surface area contributed by atoms with Crippen molar-refractivity contribution in [3.8, 4) is 11.3 Å². The van der Waals surface area contributed by atoms with Gasteiger partial charge in [-0.15, -0.1) is 0 Å². The van der Waals surface area contributed by atoms with Gasteiger partial charge in [0.05, 0.1) is 5.69 Å². The van der Waals surface area contributed by atoms with E-state index in [9.17, 15) is 0 Å². The minimum Gasteiger partial charge on any atom is -0.255 e. The molecule has 0 amide bonds. The molecule has 0 saturated heterocycles. The van der Waals surface area contributed by atoms with Gasteiger partial charge < -0.3 is 0 Å². The van der Waals surface area contributed by atoms with Crippen molar-refractivity contribution in [2.24, 2.45) is 5.92 Å². The van der Waals surface area contributed by atoms with Crippen molar-refractivity contribution in [3.63, 3.8) is 0 Å². The molecule has 22 heavy (non-hydrogen) atoms. The van der Waals surface area contributed by atoms with Crippen molar-refractivity contribution in [1.29, 1.82) is 0 Å². The number of pyridine rings is 1. The molecular weight excluding hydrogens is 266 g/mol. The number of hydrogen-bond donors (Lipinski definition) is 0. The fraction of sp³-hybridized carbons (Fsp3) is 0.286. The molecule has 1 aliphatic carbocycles. The molecule has 2 aromatic carbocycles. The fourth-order valence-electron chi connectivity index (χ4n) is 3.63. The van der Waals surface area contributed by atoms with E-state index in [1.807, 2.05) is 6.20 Å². The highest BCUT2D eigenvalue weighted by Crippen LogP contribution is 2.36. The van der Waals surface area contributed by atoms with Gasteiger partial charge in [-0.2, -0.15) is 0 Å². The first-order valence-corrected chi connectivity index (χ1v) is 8.21. The van der Waals surface area contributed by atoms with Gasteiger partial charge in [0.1, 0.15) is 0 Å². The molecule has 0 fully saturated rings. The smallest absolute Gasteiger partial charge is 0.0743 e. The molecule has 0 N–H and O–H groups in total. The lowest BCUT2D eigenvalue weighted by atomic mass is 9.86. The molecule has 0 unspecified atom stereocenters.